The summed E-state index contributed by atoms with van der Waals surface area (Å²) in [5.74, 6) is -0.296. The second-order valence-electron chi connectivity index (χ2n) is 3.84. The Labute approximate surface area is 121 Å². The van der Waals surface area contributed by atoms with Crippen molar-refractivity contribution in [1.29, 1.82) is 0 Å². The number of halogens is 3. The molecule has 0 radical (unpaired) electrons. The summed E-state index contributed by atoms with van der Waals surface area (Å²) in [6, 6.07) is 6.01. The third-order valence-corrected chi connectivity index (χ3v) is 3.45. The molecule has 7 heteroatoms. The number of aromatic nitrogens is 4. The Morgan fingerprint density at radius 1 is 1.21 bits per heavy atom. The van der Waals surface area contributed by atoms with Crippen LogP contribution in [-0.4, -0.2) is 19.7 Å². The lowest BCUT2D eigenvalue weighted by atomic mass is 10.3. The van der Waals surface area contributed by atoms with Gasteiger partial charge in [0.2, 0.25) is 0 Å². The summed E-state index contributed by atoms with van der Waals surface area (Å²) in [6.07, 6.45) is 1.58. The molecule has 0 aliphatic rings. The first-order chi connectivity index (χ1) is 9.19. The van der Waals surface area contributed by atoms with Crippen LogP contribution >= 0.6 is 27.5 Å². The maximum atomic E-state index is 12.9. The summed E-state index contributed by atoms with van der Waals surface area (Å²) in [5.41, 5.74) is 2.54. The molecule has 0 spiro atoms. The van der Waals surface area contributed by atoms with Crippen molar-refractivity contribution in [3.8, 4) is 5.69 Å². The lowest BCUT2D eigenvalue weighted by Crippen LogP contribution is -2.00. The van der Waals surface area contributed by atoms with Crippen LogP contribution in [0, 0.1) is 5.82 Å². The van der Waals surface area contributed by atoms with E-state index in [1.807, 2.05) is 0 Å². The highest BCUT2D eigenvalue weighted by Crippen LogP contribution is 2.21. The molecule has 0 atom stereocenters. The van der Waals surface area contributed by atoms with Gasteiger partial charge in [0.1, 0.15) is 11.3 Å². The predicted molar refractivity (Wildman–Crippen MR) is 74.3 cm³/mol. The number of alkyl halides is 1. The van der Waals surface area contributed by atoms with E-state index in [1.165, 1.54) is 12.1 Å². The van der Waals surface area contributed by atoms with Gasteiger partial charge in [-0.1, -0.05) is 27.5 Å². The van der Waals surface area contributed by atoms with E-state index in [0.29, 0.717) is 33.0 Å². The molecule has 0 aliphatic heterocycles. The van der Waals surface area contributed by atoms with Crippen LogP contribution < -0.4 is 0 Å². The molecule has 96 valence electrons. The molecule has 0 bridgehead atoms. The normalized spacial score (nSPS) is 11.1. The van der Waals surface area contributed by atoms with E-state index < -0.39 is 0 Å². The zero-order chi connectivity index (χ0) is 13.4. The van der Waals surface area contributed by atoms with Gasteiger partial charge in [-0.3, -0.25) is 0 Å². The largest absolute Gasteiger partial charge is 0.229 e. The summed E-state index contributed by atoms with van der Waals surface area (Å²) in [6.45, 7) is 0. The van der Waals surface area contributed by atoms with Gasteiger partial charge in [0.25, 0.3) is 0 Å². The fourth-order valence-electron chi connectivity index (χ4n) is 1.72. The summed E-state index contributed by atoms with van der Waals surface area (Å²) >= 11 is 9.30. The van der Waals surface area contributed by atoms with Gasteiger partial charge in [-0.2, -0.15) is 5.10 Å². The molecule has 2 heterocycles. The van der Waals surface area contributed by atoms with Gasteiger partial charge >= 0.3 is 0 Å². The lowest BCUT2D eigenvalue weighted by molar-refractivity contribution is 0.627. The van der Waals surface area contributed by atoms with Gasteiger partial charge < -0.3 is 0 Å². The number of hydrogen-bond acceptors (Lipinski definition) is 3. The SMILES string of the molecule is Fc1ccc(-n2ncc3nc(Cl)c(CBr)nc32)cc1. The first kappa shape index (κ1) is 12.5. The molecule has 0 saturated heterocycles. The Morgan fingerprint density at radius 2 is 1.95 bits per heavy atom. The first-order valence-corrected chi connectivity index (χ1v) is 6.91. The van der Waals surface area contributed by atoms with Crippen LogP contribution in [0.5, 0.6) is 0 Å². The molecule has 0 fully saturated rings. The maximum absolute atomic E-state index is 12.9. The van der Waals surface area contributed by atoms with Crippen molar-refractivity contribution in [2.45, 2.75) is 5.33 Å². The highest BCUT2D eigenvalue weighted by molar-refractivity contribution is 9.08. The highest BCUT2D eigenvalue weighted by atomic mass is 79.9. The van der Waals surface area contributed by atoms with Gasteiger partial charge in [-0.15, -0.1) is 0 Å². The molecule has 19 heavy (non-hydrogen) atoms. The average molecular weight is 342 g/mol. The quantitative estimate of drug-likeness (QED) is 0.670. The minimum absolute atomic E-state index is 0.296. The second-order valence-corrected chi connectivity index (χ2v) is 4.76. The van der Waals surface area contributed by atoms with E-state index in [-0.39, 0.29) is 5.82 Å². The smallest absolute Gasteiger partial charge is 0.182 e. The Balaban J connectivity index is 2.21. The van der Waals surface area contributed by atoms with Gasteiger partial charge in [0.15, 0.2) is 10.8 Å². The van der Waals surface area contributed by atoms with E-state index in [4.69, 9.17) is 11.6 Å². The summed E-state index contributed by atoms with van der Waals surface area (Å²) in [7, 11) is 0. The van der Waals surface area contributed by atoms with Crippen LogP contribution in [0.4, 0.5) is 4.39 Å². The third kappa shape index (κ3) is 2.21. The zero-order valence-corrected chi connectivity index (χ0v) is 11.9. The van der Waals surface area contributed by atoms with Gasteiger partial charge in [-0.05, 0) is 24.3 Å². The van der Waals surface area contributed by atoms with Crippen LogP contribution in [0.3, 0.4) is 0 Å². The topological polar surface area (TPSA) is 43.6 Å². The molecular formula is C12H7BrClFN4. The predicted octanol–water partition coefficient (Wildman–Crippen LogP) is 3.50. The molecule has 0 amide bonds. The Morgan fingerprint density at radius 3 is 2.63 bits per heavy atom. The molecule has 3 rings (SSSR count). The molecular weight excluding hydrogens is 335 g/mol. The van der Waals surface area contributed by atoms with Crippen molar-refractivity contribution in [2.75, 3.05) is 0 Å². The fraction of sp³-hybridized carbons (Fsp3) is 0.0833. The lowest BCUT2D eigenvalue weighted by Gasteiger charge is -2.04. The molecule has 2 aromatic heterocycles. The molecule has 4 nitrogen and oxygen atoms in total. The van der Waals surface area contributed by atoms with Crippen LogP contribution in [0.15, 0.2) is 30.5 Å². The third-order valence-electron chi connectivity index (χ3n) is 2.62. The van der Waals surface area contributed by atoms with Crippen molar-refractivity contribution in [3.63, 3.8) is 0 Å². The van der Waals surface area contributed by atoms with Gasteiger partial charge in [-0.25, -0.2) is 19.0 Å². The second kappa shape index (κ2) is 4.86. The van der Waals surface area contributed by atoms with Crippen LogP contribution in [0.25, 0.3) is 16.9 Å². The van der Waals surface area contributed by atoms with E-state index in [9.17, 15) is 4.39 Å². The first-order valence-electron chi connectivity index (χ1n) is 5.41. The number of hydrogen-bond donors (Lipinski definition) is 0. The minimum atomic E-state index is -0.296. The van der Waals surface area contributed by atoms with Crippen LogP contribution in [-0.2, 0) is 5.33 Å². The number of rotatable bonds is 2. The minimum Gasteiger partial charge on any atom is -0.229 e. The maximum Gasteiger partial charge on any atom is 0.182 e. The van der Waals surface area contributed by atoms with Crippen LogP contribution in [0.2, 0.25) is 5.15 Å². The van der Waals surface area contributed by atoms with E-state index >= 15 is 0 Å². The Bertz CT molecular complexity index is 741. The van der Waals surface area contributed by atoms with Crippen molar-refractivity contribution in [3.05, 3.63) is 47.1 Å². The van der Waals surface area contributed by atoms with E-state index in [1.54, 1.807) is 23.0 Å². The number of fused-ring (bicyclic) bond motifs is 1. The Hall–Kier alpha value is -1.53. The zero-order valence-electron chi connectivity index (χ0n) is 9.52. The average Bonchev–Trinajstić information content (AvgIpc) is 2.81. The van der Waals surface area contributed by atoms with Crippen molar-refractivity contribution in [2.24, 2.45) is 0 Å². The van der Waals surface area contributed by atoms with Gasteiger partial charge in [0.05, 0.1) is 17.6 Å². The summed E-state index contributed by atoms with van der Waals surface area (Å²) < 4.78 is 14.5. The molecule has 0 saturated carbocycles. The number of benzene rings is 1. The van der Waals surface area contributed by atoms with Crippen molar-refractivity contribution >= 4 is 38.7 Å². The number of nitrogens with zero attached hydrogens (tertiary/aromatic N) is 4. The van der Waals surface area contributed by atoms with E-state index in [2.05, 4.69) is 31.0 Å². The van der Waals surface area contributed by atoms with E-state index in [0.717, 1.165) is 0 Å². The van der Waals surface area contributed by atoms with Gasteiger partial charge in [0, 0.05) is 5.33 Å². The molecule has 0 aliphatic carbocycles. The molecule has 0 unspecified atom stereocenters. The molecule has 1 aromatic carbocycles. The van der Waals surface area contributed by atoms with Crippen LogP contribution in [0.1, 0.15) is 5.69 Å². The monoisotopic (exact) mass is 340 g/mol. The standard InChI is InChI=1S/C12H7BrClFN4/c13-5-9-11(14)17-10-6-16-19(12(10)18-9)8-3-1-7(15)2-4-8/h1-4,6H,5H2. The molecule has 3 aromatic rings. The van der Waals surface area contributed by atoms with Crippen molar-refractivity contribution in [1.82, 2.24) is 19.7 Å². The van der Waals surface area contributed by atoms with Crippen molar-refractivity contribution < 1.29 is 4.39 Å². The summed E-state index contributed by atoms with van der Waals surface area (Å²) in [5, 5.41) is 5.06. The summed E-state index contributed by atoms with van der Waals surface area (Å²) in [4.78, 5) is 8.64. The highest BCUT2D eigenvalue weighted by Gasteiger charge is 2.11. The fourth-order valence-corrected chi connectivity index (χ4v) is 2.47. The Kier molecular flexibility index (Phi) is 3.20. The molecule has 0 N–H and O–H groups in total.